The van der Waals surface area contributed by atoms with Gasteiger partial charge in [0.15, 0.2) is 0 Å². The number of nitrogens with one attached hydrogen (secondary N) is 1. The molecule has 0 aliphatic carbocycles. The van der Waals surface area contributed by atoms with E-state index >= 15 is 0 Å². The van der Waals surface area contributed by atoms with Crippen LogP contribution in [-0.4, -0.2) is 16.1 Å². The number of carboxylic acids is 1. The van der Waals surface area contributed by atoms with Crippen molar-refractivity contribution in [3.63, 3.8) is 0 Å². The highest BCUT2D eigenvalue weighted by molar-refractivity contribution is 6.02. The first-order valence-electron chi connectivity index (χ1n) is 5.04. The van der Waals surface area contributed by atoms with Gasteiger partial charge in [-0.05, 0) is 6.07 Å². The number of fused-ring (bicyclic) bond motifs is 1. The molecule has 0 aliphatic rings. The van der Waals surface area contributed by atoms with Crippen LogP contribution in [0.2, 0.25) is 0 Å². The maximum atomic E-state index is 11.1. The minimum Gasteiger partial charge on any atom is -0.478 e. The van der Waals surface area contributed by atoms with Crippen molar-refractivity contribution in [1.82, 2.24) is 4.98 Å². The molecule has 2 N–H and O–H groups in total. The van der Waals surface area contributed by atoms with Crippen molar-refractivity contribution in [3.05, 3.63) is 46.2 Å². The van der Waals surface area contributed by atoms with Crippen LogP contribution in [0.5, 0.6) is 0 Å². The van der Waals surface area contributed by atoms with Gasteiger partial charge in [0.05, 0.1) is 5.56 Å². The van der Waals surface area contributed by atoms with Crippen LogP contribution in [0, 0.1) is 0 Å². The summed E-state index contributed by atoms with van der Waals surface area (Å²) in [6.45, 7) is 4.00. The molecule has 2 rings (SSSR count). The third-order valence-electron chi connectivity index (χ3n) is 1.98. The molecule has 84 valence electrons. The number of aromatic nitrogens is 1. The molecule has 1 aromatic carbocycles. The summed E-state index contributed by atoms with van der Waals surface area (Å²) in [7, 11) is 0. The van der Waals surface area contributed by atoms with Gasteiger partial charge in [-0.3, -0.25) is 4.79 Å². The molecule has 1 heterocycles. The van der Waals surface area contributed by atoms with E-state index in [0.29, 0.717) is 10.9 Å². The zero-order valence-electron chi connectivity index (χ0n) is 9.15. The van der Waals surface area contributed by atoms with E-state index in [9.17, 15) is 9.59 Å². The van der Waals surface area contributed by atoms with E-state index in [0.717, 1.165) is 6.07 Å². The van der Waals surface area contributed by atoms with E-state index < -0.39 is 11.5 Å². The van der Waals surface area contributed by atoms with Crippen LogP contribution < -0.4 is 5.56 Å². The summed E-state index contributed by atoms with van der Waals surface area (Å²) in [5, 5.41) is 9.40. The van der Waals surface area contributed by atoms with Gasteiger partial charge in [0.1, 0.15) is 0 Å². The maximum absolute atomic E-state index is 11.1. The van der Waals surface area contributed by atoms with E-state index in [2.05, 4.69) is 4.98 Å². The van der Waals surface area contributed by atoms with Crippen molar-refractivity contribution in [2.45, 2.75) is 13.8 Å². The fourth-order valence-electron chi connectivity index (χ4n) is 1.38. The smallest absolute Gasteiger partial charge is 0.336 e. The second-order valence-corrected chi connectivity index (χ2v) is 2.90. The summed E-state index contributed by atoms with van der Waals surface area (Å²) in [6.07, 6.45) is 0. The molecule has 1 aromatic heterocycles. The Kier molecular flexibility index (Phi) is 3.83. The Bertz CT molecular complexity index is 557. The van der Waals surface area contributed by atoms with E-state index in [1.165, 1.54) is 0 Å². The highest BCUT2D eigenvalue weighted by Gasteiger charge is 2.08. The molecular weight excluding hydrogens is 206 g/mol. The largest absolute Gasteiger partial charge is 0.478 e. The Morgan fingerprint density at radius 3 is 2.50 bits per heavy atom. The number of carboxylic acid groups (broad SMARTS) is 1. The van der Waals surface area contributed by atoms with Gasteiger partial charge in [-0.15, -0.1) is 0 Å². The highest BCUT2D eigenvalue weighted by atomic mass is 16.4. The number of pyridine rings is 1. The SMILES string of the molecule is CC.O=C(O)c1cc(=O)[nH]c2ccccc12. The Labute approximate surface area is 92.6 Å². The number of rotatable bonds is 1. The average molecular weight is 219 g/mol. The molecule has 0 saturated heterocycles. The van der Waals surface area contributed by atoms with Crippen LogP contribution in [0.15, 0.2) is 35.1 Å². The lowest BCUT2D eigenvalue weighted by atomic mass is 10.1. The molecule has 0 radical (unpaired) electrons. The molecule has 0 saturated carbocycles. The third kappa shape index (κ3) is 2.28. The minimum atomic E-state index is -1.09. The van der Waals surface area contributed by atoms with Gasteiger partial charge < -0.3 is 10.1 Å². The number of aromatic amines is 1. The maximum Gasteiger partial charge on any atom is 0.336 e. The molecule has 0 amide bonds. The van der Waals surface area contributed by atoms with Gasteiger partial charge in [0.25, 0.3) is 0 Å². The first-order chi connectivity index (χ1) is 7.68. The van der Waals surface area contributed by atoms with Crippen LogP contribution in [-0.2, 0) is 0 Å². The van der Waals surface area contributed by atoms with Gasteiger partial charge in [0, 0.05) is 17.0 Å². The number of H-pyrrole nitrogens is 1. The number of aromatic carboxylic acids is 1. The molecule has 0 atom stereocenters. The van der Waals surface area contributed by atoms with Crippen LogP contribution in [0.3, 0.4) is 0 Å². The molecule has 0 spiro atoms. The summed E-state index contributed by atoms with van der Waals surface area (Å²) in [5.74, 6) is -1.09. The summed E-state index contributed by atoms with van der Waals surface area (Å²) in [4.78, 5) is 24.5. The van der Waals surface area contributed by atoms with Gasteiger partial charge in [-0.1, -0.05) is 32.0 Å². The standard InChI is InChI=1S/C10H7NO3.C2H6/c12-9-5-7(10(13)14)6-3-1-2-4-8(6)11-9;1-2/h1-5H,(H,11,12)(H,13,14);1-2H3. The molecule has 2 aromatic rings. The predicted octanol–water partition coefficient (Wildman–Crippen LogP) is 2.25. The lowest BCUT2D eigenvalue weighted by molar-refractivity contribution is 0.0699. The number of benzene rings is 1. The van der Waals surface area contributed by atoms with Gasteiger partial charge in [-0.25, -0.2) is 4.79 Å². The van der Waals surface area contributed by atoms with Crippen LogP contribution in [0.25, 0.3) is 10.9 Å². The fraction of sp³-hybridized carbons (Fsp3) is 0.167. The minimum absolute atomic E-state index is 0.0318. The second kappa shape index (κ2) is 5.11. The lowest BCUT2D eigenvalue weighted by Gasteiger charge is -2.00. The zero-order chi connectivity index (χ0) is 12.1. The first-order valence-corrected chi connectivity index (χ1v) is 5.04. The third-order valence-corrected chi connectivity index (χ3v) is 1.98. The Morgan fingerprint density at radius 2 is 1.88 bits per heavy atom. The summed E-state index contributed by atoms with van der Waals surface area (Å²) >= 11 is 0. The van der Waals surface area contributed by atoms with Crippen molar-refractivity contribution >= 4 is 16.9 Å². The topological polar surface area (TPSA) is 70.2 Å². The predicted molar refractivity (Wildman–Crippen MR) is 62.9 cm³/mol. The van der Waals surface area contributed by atoms with E-state index in [1.807, 2.05) is 13.8 Å². The Morgan fingerprint density at radius 1 is 1.25 bits per heavy atom. The molecule has 0 unspecified atom stereocenters. The zero-order valence-corrected chi connectivity index (χ0v) is 9.15. The normalized spacial score (nSPS) is 9.38. The average Bonchev–Trinajstić information content (AvgIpc) is 2.30. The Balaban J connectivity index is 0.000000606. The van der Waals surface area contributed by atoms with Crippen molar-refractivity contribution in [2.24, 2.45) is 0 Å². The van der Waals surface area contributed by atoms with Crippen molar-refractivity contribution in [1.29, 1.82) is 0 Å². The number of para-hydroxylation sites is 1. The van der Waals surface area contributed by atoms with Crippen molar-refractivity contribution in [3.8, 4) is 0 Å². The van der Waals surface area contributed by atoms with Crippen LogP contribution >= 0.6 is 0 Å². The lowest BCUT2D eigenvalue weighted by Crippen LogP contribution is -2.09. The van der Waals surface area contributed by atoms with E-state index in [-0.39, 0.29) is 5.56 Å². The molecule has 4 nitrogen and oxygen atoms in total. The monoisotopic (exact) mass is 219 g/mol. The Hall–Kier alpha value is -2.10. The van der Waals surface area contributed by atoms with Crippen molar-refractivity contribution < 1.29 is 9.90 Å². The quantitative estimate of drug-likeness (QED) is 0.772. The second-order valence-electron chi connectivity index (χ2n) is 2.90. The van der Waals surface area contributed by atoms with Gasteiger partial charge in [-0.2, -0.15) is 0 Å². The van der Waals surface area contributed by atoms with E-state index in [1.54, 1.807) is 24.3 Å². The van der Waals surface area contributed by atoms with Gasteiger partial charge in [0.2, 0.25) is 5.56 Å². The fourth-order valence-corrected chi connectivity index (χ4v) is 1.38. The van der Waals surface area contributed by atoms with Crippen LogP contribution in [0.1, 0.15) is 24.2 Å². The molecule has 16 heavy (non-hydrogen) atoms. The first kappa shape index (κ1) is 12.0. The summed E-state index contributed by atoms with van der Waals surface area (Å²) in [6, 6.07) is 7.89. The molecule has 0 fully saturated rings. The molecular formula is C12H13NO3. The number of hydrogen-bond acceptors (Lipinski definition) is 2. The highest BCUT2D eigenvalue weighted by Crippen LogP contribution is 2.13. The molecule has 0 bridgehead atoms. The summed E-state index contributed by atoms with van der Waals surface area (Å²) < 4.78 is 0. The summed E-state index contributed by atoms with van der Waals surface area (Å²) in [5.41, 5.74) is 0.169. The van der Waals surface area contributed by atoms with E-state index in [4.69, 9.17) is 5.11 Å². The van der Waals surface area contributed by atoms with Crippen molar-refractivity contribution in [2.75, 3.05) is 0 Å². The molecule has 0 aliphatic heterocycles. The van der Waals surface area contributed by atoms with Crippen LogP contribution in [0.4, 0.5) is 0 Å². The molecule has 4 heteroatoms. The number of carbonyl (C=O) groups is 1. The van der Waals surface area contributed by atoms with Gasteiger partial charge >= 0.3 is 5.97 Å². The number of hydrogen-bond donors (Lipinski definition) is 2.